The molecule has 0 amide bonds. The number of methoxy groups -OCH3 is 1. The van der Waals surface area contributed by atoms with Crippen LogP contribution < -0.4 is 9.47 Å². The van der Waals surface area contributed by atoms with Crippen LogP contribution in [0.1, 0.15) is 61.6 Å². The van der Waals surface area contributed by atoms with Crippen LogP contribution >= 0.6 is 0 Å². The van der Waals surface area contributed by atoms with Crippen molar-refractivity contribution in [2.24, 2.45) is 0 Å². The first-order chi connectivity index (χ1) is 17.7. The Balaban J connectivity index is 0.000000220. The van der Waals surface area contributed by atoms with E-state index in [1.807, 2.05) is 48.5 Å². The lowest BCUT2D eigenvalue weighted by molar-refractivity contribution is 0.101. The minimum atomic E-state index is -0.242. The second-order valence-corrected chi connectivity index (χ2v) is 8.70. The molecule has 0 heterocycles. The molecule has 0 aromatic heterocycles. The molecule has 0 saturated heterocycles. The molecule has 0 spiro atoms. The summed E-state index contributed by atoms with van der Waals surface area (Å²) in [7, 11) is 1.55. The zero-order valence-electron chi connectivity index (χ0n) is 21.7. The van der Waals surface area contributed by atoms with Crippen molar-refractivity contribution < 1.29 is 23.9 Å². The Hall–Kier alpha value is -4.51. The van der Waals surface area contributed by atoms with E-state index in [0.717, 1.165) is 11.5 Å². The highest BCUT2D eigenvalue weighted by molar-refractivity contribution is 6.12. The molecular weight excluding hydrogens is 464 g/mol. The van der Waals surface area contributed by atoms with Gasteiger partial charge in [0.2, 0.25) is 0 Å². The molecule has 4 aromatic carbocycles. The average molecular weight is 495 g/mol. The SMILES string of the molecule is COc1ccc(C(=O)c2cc(C(C)=O)cc(C(C)=O)c2)cc1.Cc1ccc(Oc2ccc(C)cc2)cc1. The van der Waals surface area contributed by atoms with Crippen LogP contribution in [-0.4, -0.2) is 24.5 Å². The number of carbonyl (C=O) groups excluding carboxylic acids is 3. The predicted molar refractivity (Wildman–Crippen MR) is 145 cm³/mol. The van der Waals surface area contributed by atoms with Gasteiger partial charge in [-0.3, -0.25) is 14.4 Å². The molecule has 0 fully saturated rings. The van der Waals surface area contributed by atoms with E-state index in [-0.39, 0.29) is 17.3 Å². The molecular formula is C32H30O5. The molecule has 0 bridgehead atoms. The summed E-state index contributed by atoms with van der Waals surface area (Å²) in [5, 5.41) is 0. The van der Waals surface area contributed by atoms with Gasteiger partial charge in [-0.05, 0) is 94.4 Å². The van der Waals surface area contributed by atoms with Crippen LogP contribution in [0.25, 0.3) is 0 Å². The zero-order chi connectivity index (χ0) is 26.9. The third-order valence-corrected chi connectivity index (χ3v) is 5.64. The summed E-state index contributed by atoms with van der Waals surface area (Å²) < 4.78 is 10.7. The Bertz CT molecular complexity index is 1310. The van der Waals surface area contributed by atoms with E-state index in [0.29, 0.717) is 28.0 Å². The van der Waals surface area contributed by atoms with Crippen molar-refractivity contribution in [2.45, 2.75) is 27.7 Å². The maximum absolute atomic E-state index is 12.5. The van der Waals surface area contributed by atoms with Gasteiger partial charge in [-0.15, -0.1) is 0 Å². The maximum atomic E-state index is 12.5. The highest BCUT2D eigenvalue weighted by atomic mass is 16.5. The summed E-state index contributed by atoms with van der Waals surface area (Å²) in [6.45, 7) is 6.94. The molecule has 0 radical (unpaired) electrons. The summed E-state index contributed by atoms with van der Waals surface area (Å²) in [5.41, 5.74) is 3.98. The molecule has 4 rings (SSSR count). The number of benzene rings is 4. The number of aryl methyl sites for hydroxylation is 2. The van der Waals surface area contributed by atoms with Crippen molar-refractivity contribution in [2.75, 3.05) is 7.11 Å². The second kappa shape index (κ2) is 12.5. The van der Waals surface area contributed by atoms with E-state index in [1.165, 1.54) is 43.2 Å². The minimum absolute atomic E-state index is 0.188. The van der Waals surface area contributed by atoms with E-state index in [1.54, 1.807) is 31.4 Å². The largest absolute Gasteiger partial charge is 0.497 e. The lowest BCUT2D eigenvalue weighted by Crippen LogP contribution is -2.07. The van der Waals surface area contributed by atoms with Gasteiger partial charge in [-0.1, -0.05) is 35.4 Å². The number of ether oxygens (including phenoxy) is 2. The summed E-state index contributed by atoms with van der Waals surface area (Å²) in [6, 6.07) is 27.3. The Morgan fingerprint density at radius 1 is 0.514 bits per heavy atom. The predicted octanol–water partition coefficient (Wildman–Crippen LogP) is 7.43. The first-order valence-electron chi connectivity index (χ1n) is 11.8. The fraction of sp³-hybridized carbons (Fsp3) is 0.156. The van der Waals surface area contributed by atoms with Crippen LogP contribution in [-0.2, 0) is 0 Å². The normalized spacial score (nSPS) is 10.1. The van der Waals surface area contributed by atoms with Crippen molar-refractivity contribution in [1.29, 1.82) is 0 Å². The van der Waals surface area contributed by atoms with Crippen LogP contribution in [0, 0.1) is 13.8 Å². The number of Topliss-reactive ketones (excluding diaryl/α,β-unsaturated/α-hetero) is 2. The quantitative estimate of drug-likeness (QED) is 0.250. The Morgan fingerprint density at radius 2 is 0.892 bits per heavy atom. The van der Waals surface area contributed by atoms with E-state index >= 15 is 0 Å². The van der Waals surface area contributed by atoms with Crippen molar-refractivity contribution in [3.63, 3.8) is 0 Å². The molecule has 5 nitrogen and oxygen atoms in total. The van der Waals surface area contributed by atoms with Crippen molar-refractivity contribution >= 4 is 17.3 Å². The molecule has 0 unspecified atom stereocenters. The highest BCUT2D eigenvalue weighted by Gasteiger charge is 2.14. The molecule has 37 heavy (non-hydrogen) atoms. The summed E-state index contributed by atoms with van der Waals surface area (Å²) in [4.78, 5) is 35.7. The number of hydrogen-bond donors (Lipinski definition) is 0. The van der Waals surface area contributed by atoms with Gasteiger partial charge in [0, 0.05) is 22.3 Å². The van der Waals surface area contributed by atoms with Gasteiger partial charge in [-0.2, -0.15) is 0 Å². The smallest absolute Gasteiger partial charge is 0.193 e. The molecule has 188 valence electrons. The van der Waals surface area contributed by atoms with Crippen LogP contribution in [0.3, 0.4) is 0 Å². The topological polar surface area (TPSA) is 69.7 Å². The van der Waals surface area contributed by atoms with Gasteiger partial charge in [0.15, 0.2) is 17.3 Å². The first kappa shape index (κ1) is 27.1. The van der Waals surface area contributed by atoms with E-state index < -0.39 is 0 Å². The van der Waals surface area contributed by atoms with Crippen molar-refractivity contribution in [3.05, 3.63) is 124 Å². The van der Waals surface area contributed by atoms with E-state index in [9.17, 15) is 14.4 Å². The average Bonchev–Trinajstić information content (AvgIpc) is 2.91. The Morgan fingerprint density at radius 3 is 1.27 bits per heavy atom. The van der Waals surface area contributed by atoms with Gasteiger partial charge in [0.05, 0.1) is 7.11 Å². The summed E-state index contributed by atoms with van der Waals surface area (Å²) >= 11 is 0. The minimum Gasteiger partial charge on any atom is -0.497 e. The van der Waals surface area contributed by atoms with Gasteiger partial charge in [0.25, 0.3) is 0 Å². The van der Waals surface area contributed by atoms with Gasteiger partial charge in [-0.25, -0.2) is 0 Å². The third kappa shape index (κ3) is 7.74. The standard InChI is InChI=1S/C18H16O4.C14H14O/c1-11(19)14-8-15(12(2)20)10-16(9-14)18(21)13-4-6-17(22-3)7-5-13;1-11-3-7-13(8-4-11)15-14-9-5-12(2)6-10-14/h4-10H,1-3H3;3-10H,1-2H3. The number of rotatable bonds is 7. The van der Waals surface area contributed by atoms with E-state index in [4.69, 9.17) is 9.47 Å². The van der Waals surface area contributed by atoms with Crippen LogP contribution in [0.5, 0.6) is 17.2 Å². The zero-order valence-corrected chi connectivity index (χ0v) is 21.7. The second-order valence-electron chi connectivity index (χ2n) is 8.70. The molecule has 0 saturated carbocycles. The molecule has 0 aliphatic rings. The Kier molecular flexibility index (Phi) is 9.11. The summed E-state index contributed by atoms with van der Waals surface area (Å²) in [6.07, 6.45) is 0. The van der Waals surface area contributed by atoms with Crippen LogP contribution in [0.4, 0.5) is 0 Å². The van der Waals surface area contributed by atoms with Gasteiger partial charge < -0.3 is 9.47 Å². The van der Waals surface area contributed by atoms with Gasteiger partial charge in [0.1, 0.15) is 17.2 Å². The summed E-state index contributed by atoms with van der Waals surface area (Å²) in [5.74, 6) is 1.79. The number of carbonyl (C=O) groups is 3. The Labute approximate surface area is 217 Å². The van der Waals surface area contributed by atoms with Crippen molar-refractivity contribution in [1.82, 2.24) is 0 Å². The molecule has 0 aliphatic carbocycles. The lowest BCUT2D eigenvalue weighted by atomic mass is 9.96. The molecule has 0 N–H and O–H groups in total. The fourth-order valence-corrected chi connectivity index (χ4v) is 3.42. The van der Waals surface area contributed by atoms with Crippen LogP contribution in [0.15, 0.2) is 91.0 Å². The van der Waals surface area contributed by atoms with E-state index in [2.05, 4.69) is 13.8 Å². The molecule has 0 atom stereocenters. The number of hydrogen-bond acceptors (Lipinski definition) is 5. The maximum Gasteiger partial charge on any atom is 0.193 e. The van der Waals surface area contributed by atoms with Gasteiger partial charge >= 0.3 is 0 Å². The molecule has 0 aliphatic heterocycles. The first-order valence-corrected chi connectivity index (χ1v) is 11.8. The third-order valence-electron chi connectivity index (χ3n) is 5.64. The van der Waals surface area contributed by atoms with Crippen LogP contribution in [0.2, 0.25) is 0 Å². The van der Waals surface area contributed by atoms with Crippen molar-refractivity contribution in [3.8, 4) is 17.2 Å². The molecule has 5 heteroatoms. The monoisotopic (exact) mass is 494 g/mol. The number of ketones is 3. The fourth-order valence-electron chi connectivity index (χ4n) is 3.42. The lowest BCUT2D eigenvalue weighted by Gasteiger charge is -2.07. The highest BCUT2D eigenvalue weighted by Crippen LogP contribution is 2.22. The molecule has 4 aromatic rings.